The smallest absolute Gasteiger partial charge is 0.382 e. The van der Waals surface area contributed by atoms with Gasteiger partial charge in [0, 0.05) is 0 Å². The normalized spacial score (nSPS) is 24.9. The molecule has 1 aromatic carbocycles. The number of benzene rings is 1. The Bertz CT molecular complexity index is 484. The standard InChI is InChI=1S/C8H6NO4P/c1-2-9-5-3-4-6-8-7(5)12-14(10,11-6)13-8/h2-4,9H,1H2. The largest absolute Gasteiger partial charge is 0.647 e. The molecule has 14 heavy (non-hydrogen) atoms. The van der Waals surface area contributed by atoms with Crippen molar-refractivity contribution in [3.63, 3.8) is 0 Å². The Labute approximate surface area is 79.9 Å². The van der Waals surface area contributed by atoms with Crippen LogP contribution in [0.15, 0.2) is 24.9 Å². The molecule has 1 atom stereocenters. The molecule has 0 spiro atoms. The van der Waals surface area contributed by atoms with E-state index in [2.05, 4.69) is 11.9 Å². The lowest BCUT2D eigenvalue weighted by Gasteiger charge is -2.12. The van der Waals surface area contributed by atoms with E-state index in [0.717, 1.165) is 0 Å². The van der Waals surface area contributed by atoms with Crippen molar-refractivity contribution in [1.82, 2.24) is 0 Å². The summed E-state index contributed by atoms with van der Waals surface area (Å²) < 4.78 is 26.6. The molecule has 6 heteroatoms. The highest BCUT2D eigenvalue weighted by Crippen LogP contribution is 2.70. The topological polar surface area (TPSA) is 56.8 Å². The van der Waals surface area contributed by atoms with Crippen LogP contribution in [0, 0.1) is 0 Å². The van der Waals surface area contributed by atoms with Crippen LogP contribution in [0.3, 0.4) is 0 Å². The molecule has 0 saturated carbocycles. The number of nitrogens with one attached hydrogen (secondary N) is 1. The maximum Gasteiger partial charge on any atom is 0.647 e. The molecule has 0 aliphatic carbocycles. The molecular formula is C8H6NO4P. The predicted octanol–water partition coefficient (Wildman–Crippen LogP) is 2.51. The molecule has 2 bridgehead atoms. The summed E-state index contributed by atoms with van der Waals surface area (Å²) in [5.74, 6) is 1.29. The van der Waals surface area contributed by atoms with Crippen LogP contribution in [-0.2, 0) is 4.57 Å². The van der Waals surface area contributed by atoms with Gasteiger partial charge in [0.1, 0.15) is 0 Å². The fourth-order valence-corrected chi connectivity index (χ4v) is 2.71. The van der Waals surface area contributed by atoms with Gasteiger partial charge in [0.25, 0.3) is 0 Å². The predicted molar refractivity (Wildman–Crippen MR) is 49.8 cm³/mol. The fourth-order valence-electron chi connectivity index (χ4n) is 1.42. The number of fused-ring (bicyclic) bond motifs is 1. The third-order valence-electron chi connectivity index (χ3n) is 1.95. The average molecular weight is 211 g/mol. The Balaban J connectivity index is 2.21. The van der Waals surface area contributed by atoms with Crippen molar-refractivity contribution in [3.8, 4) is 17.2 Å². The number of hydrogen-bond acceptors (Lipinski definition) is 5. The lowest BCUT2D eigenvalue weighted by molar-refractivity contribution is 0.354. The van der Waals surface area contributed by atoms with E-state index >= 15 is 0 Å². The van der Waals surface area contributed by atoms with Crippen molar-refractivity contribution >= 4 is 13.5 Å². The lowest BCUT2D eigenvalue weighted by Crippen LogP contribution is -1.99. The summed E-state index contributed by atoms with van der Waals surface area (Å²) in [7, 11) is -3.37. The first kappa shape index (κ1) is 7.76. The molecule has 72 valence electrons. The molecule has 3 rings (SSSR count). The zero-order valence-electron chi connectivity index (χ0n) is 7.02. The molecule has 0 radical (unpaired) electrons. The van der Waals surface area contributed by atoms with Gasteiger partial charge in [-0.15, -0.1) is 0 Å². The van der Waals surface area contributed by atoms with Gasteiger partial charge in [-0.1, -0.05) is 6.58 Å². The van der Waals surface area contributed by atoms with Gasteiger partial charge in [-0.2, -0.15) is 4.57 Å². The fraction of sp³-hybridized carbons (Fsp3) is 0. The van der Waals surface area contributed by atoms with Crippen LogP contribution in [0.2, 0.25) is 0 Å². The maximum absolute atomic E-state index is 11.6. The highest BCUT2D eigenvalue weighted by atomic mass is 31.2. The van der Waals surface area contributed by atoms with E-state index in [1.807, 2.05) is 0 Å². The summed E-state index contributed by atoms with van der Waals surface area (Å²) in [5.41, 5.74) is 0.666. The Morgan fingerprint density at radius 3 is 2.79 bits per heavy atom. The number of anilines is 1. The minimum Gasteiger partial charge on any atom is -0.382 e. The molecule has 0 aromatic heterocycles. The molecule has 2 aliphatic rings. The van der Waals surface area contributed by atoms with Crippen LogP contribution in [-0.4, -0.2) is 0 Å². The van der Waals surface area contributed by atoms with Crippen molar-refractivity contribution in [1.29, 1.82) is 0 Å². The van der Waals surface area contributed by atoms with Gasteiger partial charge in [0.2, 0.25) is 11.5 Å². The zero-order valence-corrected chi connectivity index (χ0v) is 7.91. The van der Waals surface area contributed by atoms with Crippen molar-refractivity contribution in [2.45, 2.75) is 0 Å². The summed E-state index contributed by atoms with van der Waals surface area (Å²) >= 11 is 0. The summed E-state index contributed by atoms with van der Waals surface area (Å²) in [6.07, 6.45) is 1.50. The van der Waals surface area contributed by atoms with E-state index in [1.54, 1.807) is 12.1 Å². The van der Waals surface area contributed by atoms with Gasteiger partial charge in [-0.05, 0) is 18.3 Å². The molecule has 1 N–H and O–H groups in total. The van der Waals surface area contributed by atoms with E-state index in [4.69, 9.17) is 13.6 Å². The SMILES string of the molecule is C=CNc1ccc2c3c1OP(=O)(O2)O3. The minimum absolute atomic E-state index is 0.403. The summed E-state index contributed by atoms with van der Waals surface area (Å²) in [5, 5.41) is 2.86. The summed E-state index contributed by atoms with van der Waals surface area (Å²) in [6, 6.07) is 3.42. The first-order valence-corrected chi connectivity index (χ1v) is 5.41. The van der Waals surface area contributed by atoms with Crippen molar-refractivity contribution < 1.29 is 18.1 Å². The Hall–Kier alpha value is -1.61. The first-order chi connectivity index (χ1) is 6.72. The van der Waals surface area contributed by atoms with Crippen molar-refractivity contribution in [2.24, 2.45) is 0 Å². The van der Waals surface area contributed by atoms with Gasteiger partial charge < -0.3 is 18.9 Å². The quantitative estimate of drug-likeness (QED) is 0.761. The molecule has 2 heterocycles. The molecule has 0 saturated heterocycles. The molecule has 2 aliphatic heterocycles. The Morgan fingerprint density at radius 2 is 2.07 bits per heavy atom. The van der Waals surface area contributed by atoms with Crippen molar-refractivity contribution in [2.75, 3.05) is 5.32 Å². The van der Waals surface area contributed by atoms with E-state index in [9.17, 15) is 4.57 Å². The van der Waals surface area contributed by atoms with Gasteiger partial charge >= 0.3 is 7.82 Å². The molecule has 0 fully saturated rings. The number of phosphoric acid groups is 1. The number of phosphoric ester groups is 1. The zero-order chi connectivity index (χ0) is 9.76. The van der Waals surface area contributed by atoms with E-state index in [1.165, 1.54) is 6.20 Å². The summed E-state index contributed by atoms with van der Waals surface area (Å²) in [6.45, 7) is 3.52. The van der Waals surface area contributed by atoms with Crippen LogP contribution in [0.25, 0.3) is 0 Å². The second kappa shape index (κ2) is 2.25. The van der Waals surface area contributed by atoms with Gasteiger partial charge in [-0.3, -0.25) is 0 Å². The second-order valence-electron chi connectivity index (χ2n) is 2.84. The Morgan fingerprint density at radius 1 is 1.29 bits per heavy atom. The maximum atomic E-state index is 11.6. The van der Waals surface area contributed by atoms with Gasteiger partial charge in [0.05, 0.1) is 5.69 Å². The van der Waals surface area contributed by atoms with Gasteiger partial charge in [0.15, 0.2) is 5.75 Å². The molecular weight excluding hydrogens is 205 g/mol. The highest BCUT2D eigenvalue weighted by Gasteiger charge is 2.50. The molecule has 0 amide bonds. The van der Waals surface area contributed by atoms with Crippen LogP contribution >= 0.6 is 7.82 Å². The minimum atomic E-state index is -3.37. The number of rotatable bonds is 2. The first-order valence-electron chi connectivity index (χ1n) is 3.95. The summed E-state index contributed by atoms with van der Waals surface area (Å²) in [4.78, 5) is 0. The average Bonchev–Trinajstić information content (AvgIpc) is 2.63. The molecule has 5 nitrogen and oxygen atoms in total. The number of hydrogen-bond donors (Lipinski definition) is 1. The van der Waals surface area contributed by atoms with E-state index < -0.39 is 7.82 Å². The monoisotopic (exact) mass is 211 g/mol. The van der Waals surface area contributed by atoms with Crippen molar-refractivity contribution in [3.05, 3.63) is 24.9 Å². The highest BCUT2D eigenvalue weighted by molar-refractivity contribution is 7.50. The van der Waals surface area contributed by atoms with Crippen LogP contribution in [0.1, 0.15) is 0 Å². The second-order valence-corrected chi connectivity index (χ2v) is 4.28. The van der Waals surface area contributed by atoms with E-state index in [-0.39, 0.29) is 0 Å². The third kappa shape index (κ3) is 0.822. The van der Waals surface area contributed by atoms with Gasteiger partial charge in [-0.25, -0.2) is 0 Å². The Kier molecular flexibility index (Phi) is 1.25. The van der Waals surface area contributed by atoms with Crippen LogP contribution in [0.5, 0.6) is 17.2 Å². The lowest BCUT2D eigenvalue weighted by atomic mass is 10.2. The molecule has 1 unspecified atom stereocenters. The third-order valence-corrected chi connectivity index (χ3v) is 3.18. The van der Waals surface area contributed by atoms with Crippen LogP contribution < -0.4 is 18.9 Å². The van der Waals surface area contributed by atoms with E-state index in [0.29, 0.717) is 22.9 Å². The molecule has 1 aromatic rings. The van der Waals surface area contributed by atoms with Crippen LogP contribution in [0.4, 0.5) is 5.69 Å².